The van der Waals surface area contributed by atoms with Crippen molar-refractivity contribution in [3.63, 3.8) is 0 Å². The van der Waals surface area contributed by atoms with Gasteiger partial charge in [-0.05, 0) is 18.9 Å². The van der Waals surface area contributed by atoms with E-state index in [1.165, 1.54) is 0 Å². The van der Waals surface area contributed by atoms with E-state index in [-0.39, 0.29) is 0 Å². The molecule has 13 heavy (non-hydrogen) atoms. The molecule has 0 aliphatic heterocycles. The van der Waals surface area contributed by atoms with Crippen LogP contribution in [-0.4, -0.2) is 11.4 Å². The molecular formula is C10H14N2O. The first-order valence-electron chi connectivity index (χ1n) is 4.15. The number of benzene rings is 1. The smallest absolute Gasteiger partial charge is 0.237 e. The summed E-state index contributed by atoms with van der Waals surface area (Å²) < 4.78 is 0. The molecule has 0 radical (unpaired) electrons. The minimum absolute atomic E-state index is 0.475. The molecule has 1 atom stereocenters. The molecule has 0 saturated carbocycles. The predicted molar refractivity (Wildman–Crippen MR) is 51.9 cm³/mol. The maximum Gasteiger partial charge on any atom is 0.237 e. The first-order chi connectivity index (χ1) is 6.02. The molecule has 0 aliphatic rings. The lowest BCUT2D eigenvalue weighted by atomic mass is 9.93. The second-order valence-electron chi connectivity index (χ2n) is 3.44. The van der Waals surface area contributed by atoms with E-state index in [4.69, 9.17) is 11.5 Å². The van der Waals surface area contributed by atoms with E-state index in [9.17, 15) is 4.79 Å². The fraction of sp³-hybridized carbons (Fsp3) is 0.300. The number of hydrogen-bond donors (Lipinski definition) is 2. The Hall–Kier alpha value is -1.35. The Morgan fingerprint density at radius 1 is 1.38 bits per heavy atom. The van der Waals surface area contributed by atoms with Gasteiger partial charge in [-0.15, -0.1) is 0 Å². The molecule has 1 amide bonds. The molecule has 0 heterocycles. The molecule has 1 aromatic carbocycles. The summed E-state index contributed by atoms with van der Waals surface area (Å²) >= 11 is 0. The molecule has 3 heteroatoms. The lowest BCUT2D eigenvalue weighted by Crippen LogP contribution is -2.50. The van der Waals surface area contributed by atoms with E-state index in [0.717, 1.165) is 5.56 Å². The van der Waals surface area contributed by atoms with E-state index in [0.29, 0.717) is 6.42 Å². The molecule has 0 unspecified atom stereocenters. The van der Waals surface area contributed by atoms with Crippen LogP contribution < -0.4 is 11.5 Å². The van der Waals surface area contributed by atoms with Gasteiger partial charge in [0.25, 0.3) is 0 Å². The summed E-state index contributed by atoms with van der Waals surface area (Å²) in [5, 5.41) is 0. The number of amides is 1. The van der Waals surface area contributed by atoms with Gasteiger partial charge in [0.15, 0.2) is 0 Å². The minimum Gasteiger partial charge on any atom is -0.368 e. The van der Waals surface area contributed by atoms with Crippen LogP contribution in [0.5, 0.6) is 0 Å². The maximum atomic E-state index is 10.9. The zero-order valence-electron chi connectivity index (χ0n) is 7.66. The Labute approximate surface area is 77.7 Å². The Bertz CT molecular complexity index is 293. The monoisotopic (exact) mass is 178 g/mol. The lowest BCUT2D eigenvalue weighted by molar-refractivity contribution is -0.122. The van der Waals surface area contributed by atoms with Crippen LogP contribution in [0.15, 0.2) is 30.3 Å². The fourth-order valence-electron chi connectivity index (χ4n) is 1.11. The van der Waals surface area contributed by atoms with Gasteiger partial charge in [-0.3, -0.25) is 4.79 Å². The van der Waals surface area contributed by atoms with Gasteiger partial charge < -0.3 is 11.5 Å². The third-order valence-corrected chi connectivity index (χ3v) is 1.98. The van der Waals surface area contributed by atoms with Crippen LogP contribution in [0.3, 0.4) is 0 Å². The molecule has 0 aromatic heterocycles. The van der Waals surface area contributed by atoms with Gasteiger partial charge in [0, 0.05) is 0 Å². The van der Waals surface area contributed by atoms with Crippen LogP contribution in [0.2, 0.25) is 0 Å². The van der Waals surface area contributed by atoms with Crippen LogP contribution in [-0.2, 0) is 11.2 Å². The van der Waals surface area contributed by atoms with Gasteiger partial charge in [0.2, 0.25) is 5.91 Å². The van der Waals surface area contributed by atoms with E-state index in [1.54, 1.807) is 6.92 Å². The molecule has 3 nitrogen and oxygen atoms in total. The summed E-state index contributed by atoms with van der Waals surface area (Å²) in [5.41, 5.74) is 10.9. The Morgan fingerprint density at radius 2 is 1.92 bits per heavy atom. The fourth-order valence-corrected chi connectivity index (χ4v) is 1.11. The van der Waals surface area contributed by atoms with E-state index in [1.807, 2.05) is 30.3 Å². The van der Waals surface area contributed by atoms with E-state index >= 15 is 0 Å². The number of carbonyl (C=O) groups excluding carboxylic acids is 1. The zero-order valence-corrected chi connectivity index (χ0v) is 7.66. The van der Waals surface area contributed by atoms with Crippen LogP contribution in [0.4, 0.5) is 0 Å². The molecule has 1 aromatic rings. The quantitative estimate of drug-likeness (QED) is 0.704. The number of carbonyl (C=O) groups is 1. The highest BCUT2D eigenvalue weighted by Crippen LogP contribution is 2.09. The van der Waals surface area contributed by atoms with Crippen molar-refractivity contribution in [1.29, 1.82) is 0 Å². The second kappa shape index (κ2) is 3.58. The Kier molecular flexibility index (Phi) is 2.68. The first kappa shape index (κ1) is 9.74. The summed E-state index contributed by atoms with van der Waals surface area (Å²) in [6, 6.07) is 9.59. The average Bonchev–Trinajstić information content (AvgIpc) is 2.05. The normalized spacial score (nSPS) is 14.9. The van der Waals surface area contributed by atoms with Crippen molar-refractivity contribution in [1.82, 2.24) is 0 Å². The van der Waals surface area contributed by atoms with Gasteiger partial charge in [-0.2, -0.15) is 0 Å². The highest BCUT2D eigenvalue weighted by atomic mass is 16.1. The van der Waals surface area contributed by atoms with Gasteiger partial charge in [0.1, 0.15) is 0 Å². The minimum atomic E-state index is -0.957. The molecule has 4 N–H and O–H groups in total. The highest BCUT2D eigenvalue weighted by molar-refractivity contribution is 5.84. The third-order valence-electron chi connectivity index (χ3n) is 1.98. The Morgan fingerprint density at radius 3 is 2.38 bits per heavy atom. The van der Waals surface area contributed by atoms with Crippen molar-refractivity contribution < 1.29 is 4.79 Å². The summed E-state index contributed by atoms with van der Waals surface area (Å²) in [4.78, 5) is 10.9. The number of primary amides is 1. The van der Waals surface area contributed by atoms with Crippen LogP contribution in [0, 0.1) is 0 Å². The third kappa shape index (κ3) is 2.56. The summed E-state index contributed by atoms with van der Waals surface area (Å²) in [6.07, 6.45) is 0.475. The highest BCUT2D eigenvalue weighted by Gasteiger charge is 2.25. The number of rotatable bonds is 3. The summed E-state index contributed by atoms with van der Waals surface area (Å²) in [7, 11) is 0. The van der Waals surface area contributed by atoms with Crippen molar-refractivity contribution in [3.05, 3.63) is 35.9 Å². The van der Waals surface area contributed by atoms with Crippen LogP contribution in [0.1, 0.15) is 12.5 Å². The van der Waals surface area contributed by atoms with E-state index < -0.39 is 11.4 Å². The van der Waals surface area contributed by atoms with Gasteiger partial charge >= 0.3 is 0 Å². The van der Waals surface area contributed by atoms with Crippen LogP contribution in [0.25, 0.3) is 0 Å². The van der Waals surface area contributed by atoms with Crippen molar-refractivity contribution >= 4 is 5.91 Å². The van der Waals surface area contributed by atoms with Gasteiger partial charge in [-0.25, -0.2) is 0 Å². The molecule has 0 saturated heterocycles. The molecule has 70 valence electrons. The predicted octanol–water partition coefficient (Wildman–Crippen LogP) is 0.432. The standard InChI is InChI=1S/C10H14N2O/c1-10(12,9(11)13)7-8-5-3-2-4-6-8/h2-6H,7,12H2,1H3,(H2,11,13)/t10-/m1/s1. The zero-order chi connectivity index (χ0) is 9.90. The van der Waals surface area contributed by atoms with Crippen LogP contribution >= 0.6 is 0 Å². The van der Waals surface area contributed by atoms with Crippen molar-refractivity contribution in [2.75, 3.05) is 0 Å². The largest absolute Gasteiger partial charge is 0.368 e. The molecular weight excluding hydrogens is 164 g/mol. The van der Waals surface area contributed by atoms with Crippen molar-refractivity contribution in [3.8, 4) is 0 Å². The Balaban J connectivity index is 2.75. The summed E-state index contributed by atoms with van der Waals surface area (Å²) in [6.45, 7) is 1.64. The maximum absolute atomic E-state index is 10.9. The number of hydrogen-bond acceptors (Lipinski definition) is 2. The molecule has 0 bridgehead atoms. The first-order valence-corrected chi connectivity index (χ1v) is 4.15. The summed E-state index contributed by atoms with van der Waals surface area (Å²) in [5.74, 6) is -0.476. The molecule has 0 fully saturated rings. The SMILES string of the molecule is C[C@@](N)(Cc1ccccc1)C(N)=O. The van der Waals surface area contributed by atoms with Gasteiger partial charge in [0.05, 0.1) is 5.54 Å². The van der Waals surface area contributed by atoms with Crippen molar-refractivity contribution in [2.24, 2.45) is 11.5 Å². The van der Waals surface area contributed by atoms with E-state index in [2.05, 4.69) is 0 Å². The van der Waals surface area contributed by atoms with Gasteiger partial charge in [-0.1, -0.05) is 30.3 Å². The molecule has 1 rings (SSSR count). The van der Waals surface area contributed by atoms with Crippen molar-refractivity contribution in [2.45, 2.75) is 18.9 Å². The lowest BCUT2D eigenvalue weighted by Gasteiger charge is -2.20. The number of nitrogens with two attached hydrogens (primary N) is 2. The molecule has 0 spiro atoms. The molecule has 0 aliphatic carbocycles. The average molecular weight is 178 g/mol. The second-order valence-corrected chi connectivity index (χ2v) is 3.44. The topological polar surface area (TPSA) is 69.1 Å².